The Hall–Kier alpha value is -1.61. The van der Waals surface area contributed by atoms with Crippen molar-refractivity contribution in [2.24, 2.45) is 0 Å². The van der Waals surface area contributed by atoms with Crippen molar-refractivity contribution < 1.29 is 0 Å². The molecule has 0 saturated heterocycles. The Labute approximate surface area is 114 Å². The van der Waals surface area contributed by atoms with Crippen molar-refractivity contribution >= 4 is 0 Å². The average molecular weight is 255 g/mol. The molecule has 3 nitrogen and oxygen atoms in total. The molecule has 100 valence electrons. The largest absolute Gasteiger partial charge is 0.329 e. The number of hydrogen-bond donors (Lipinski definition) is 0. The van der Waals surface area contributed by atoms with Crippen molar-refractivity contribution in [3.8, 4) is 0 Å². The van der Waals surface area contributed by atoms with Crippen LogP contribution in [0.2, 0.25) is 0 Å². The smallest absolute Gasteiger partial charge is 0.123 e. The number of allylic oxidation sites excluding steroid dienone is 5. The maximum atomic E-state index is 4.59. The van der Waals surface area contributed by atoms with Gasteiger partial charge in [-0.2, -0.15) is 0 Å². The van der Waals surface area contributed by atoms with Crippen molar-refractivity contribution in [2.75, 3.05) is 13.1 Å². The van der Waals surface area contributed by atoms with Gasteiger partial charge in [-0.3, -0.25) is 4.90 Å². The molecule has 1 aromatic heterocycles. The standard InChI is InChI=1S/C16H21N3/c1-3-18-7-8-19-15(11-17-16(19)12-18)10-14-6-4-5-13(2)9-14/h4,6,9,11H,2-3,5,7-8,10,12H2,1H3. The lowest BCUT2D eigenvalue weighted by Crippen LogP contribution is -2.34. The third-order valence-corrected chi connectivity index (χ3v) is 3.96. The minimum absolute atomic E-state index is 0.967. The third-order valence-electron chi connectivity index (χ3n) is 3.96. The van der Waals surface area contributed by atoms with Crippen LogP contribution in [0.15, 0.2) is 42.2 Å². The molecule has 19 heavy (non-hydrogen) atoms. The average Bonchev–Trinajstić information content (AvgIpc) is 2.81. The van der Waals surface area contributed by atoms with Gasteiger partial charge in [0.1, 0.15) is 5.82 Å². The lowest BCUT2D eigenvalue weighted by Gasteiger charge is -2.27. The fraction of sp³-hybridized carbons (Fsp3) is 0.438. The number of aromatic nitrogens is 2. The van der Waals surface area contributed by atoms with Gasteiger partial charge < -0.3 is 4.57 Å². The van der Waals surface area contributed by atoms with E-state index < -0.39 is 0 Å². The molecule has 1 aliphatic heterocycles. The maximum absolute atomic E-state index is 4.59. The monoisotopic (exact) mass is 255 g/mol. The molecule has 0 fully saturated rings. The lowest BCUT2D eigenvalue weighted by molar-refractivity contribution is 0.226. The first-order valence-electron chi connectivity index (χ1n) is 7.07. The summed E-state index contributed by atoms with van der Waals surface area (Å²) in [5.41, 5.74) is 3.88. The number of hydrogen-bond acceptors (Lipinski definition) is 2. The van der Waals surface area contributed by atoms with Gasteiger partial charge in [-0.15, -0.1) is 0 Å². The highest BCUT2D eigenvalue weighted by Gasteiger charge is 2.18. The summed E-state index contributed by atoms with van der Waals surface area (Å²) in [6.07, 6.45) is 10.6. The van der Waals surface area contributed by atoms with Crippen LogP contribution in [0, 0.1) is 0 Å². The van der Waals surface area contributed by atoms with Crippen molar-refractivity contribution in [3.05, 3.63) is 53.7 Å². The Morgan fingerprint density at radius 1 is 1.37 bits per heavy atom. The van der Waals surface area contributed by atoms with Crippen LogP contribution in [0.1, 0.15) is 24.9 Å². The zero-order valence-corrected chi connectivity index (χ0v) is 11.6. The molecule has 3 rings (SSSR count). The second-order valence-corrected chi connectivity index (χ2v) is 5.35. The van der Waals surface area contributed by atoms with Gasteiger partial charge >= 0.3 is 0 Å². The summed E-state index contributed by atoms with van der Waals surface area (Å²) in [5.74, 6) is 1.21. The molecule has 1 aromatic rings. The van der Waals surface area contributed by atoms with E-state index in [1.807, 2.05) is 6.20 Å². The fourth-order valence-corrected chi connectivity index (χ4v) is 2.83. The molecular formula is C16H21N3. The van der Waals surface area contributed by atoms with Crippen LogP contribution in [0.25, 0.3) is 0 Å². The SMILES string of the molecule is C=C1C=C(Cc2cnc3n2CCN(CC)C3)C=CC1. The molecule has 2 aliphatic rings. The quantitative estimate of drug-likeness (QED) is 0.828. The van der Waals surface area contributed by atoms with Crippen LogP contribution in [-0.4, -0.2) is 27.5 Å². The highest BCUT2D eigenvalue weighted by atomic mass is 15.2. The van der Waals surface area contributed by atoms with Gasteiger partial charge in [0.25, 0.3) is 0 Å². The van der Waals surface area contributed by atoms with E-state index in [1.54, 1.807) is 0 Å². The summed E-state index contributed by atoms with van der Waals surface area (Å²) in [6.45, 7) is 10.5. The Bertz CT molecular complexity index is 548. The third kappa shape index (κ3) is 2.56. The van der Waals surface area contributed by atoms with E-state index in [1.165, 1.54) is 22.7 Å². The highest BCUT2D eigenvalue weighted by Crippen LogP contribution is 2.21. The number of fused-ring (bicyclic) bond motifs is 1. The molecule has 0 aromatic carbocycles. The van der Waals surface area contributed by atoms with Gasteiger partial charge in [-0.1, -0.05) is 37.3 Å². The Balaban J connectivity index is 1.78. The van der Waals surface area contributed by atoms with Gasteiger partial charge in [-0.05, 0) is 18.5 Å². The summed E-state index contributed by atoms with van der Waals surface area (Å²) in [6, 6.07) is 0. The minimum atomic E-state index is 0.967. The predicted molar refractivity (Wildman–Crippen MR) is 77.9 cm³/mol. The number of nitrogens with zero attached hydrogens (tertiary/aromatic N) is 3. The van der Waals surface area contributed by atoms with Crippen LogP contribution >= 0.6 is 0 Å². The van der Waals surface area contributed by atoms with E-state index in [2.05, 4.69) is 46.2 Å². The van der Waals surface area contributed by atoms with Crippen LogP contribution < -0.4 is 0 Å². The topological polar surface area (TPSA) is 21.1 Å². The van der Waals surface area contributed by atoms with Crippen LogP contribution in [0.3, 0.4) is 0 Å². The van der Waals surface area contributed by atoms with Crippen molar-refractivity contribution in [2.45, 2.75) is 32.9 Å². The van der Waals surface area contributed by atoms with Crippen molar-refractivity contribution in [1.82, 2.24) is 14.5 Å². The molecule has 2 heterocycles. The summed E-state index contributed by atoms with van der Waals surface area (Å²) in [7, 11) is 0. The van der Waals surface area contributed by atoms with Gasteiger partial charge in [0.05, 0.1) is 6.54 Å². The number of imidazole rings is 1. The summed E-state index contributed by atoms with van der Waals surface area (Å²) in [5, 5.41) is 0. The van der Waals surface area contributed by atoms with Gasteiger partial charge in [0, 0.05) is 31.4 Å². The van der Waals surface area contributed by atoms with Crippen LogP contribution in [0.5, 0.6) is 0 Å². The minimum Gasteiger partial charge on any atom is -0.329 e. The summed E-state index contributed by atoms with van der Waals surface area (Å²) >= 11 is 0. The van der Waals surface area contributed by atoms with Crippen molar-refractivity contribution in [1.29, 1.82) is 0 Å². The number of rotatable bonds is 3. The first-order valence-corrected chi connectivity index (χ1v) is 7.07. The lowest BCUT2D eigenvalue weighted by atomic mass is 10.00. The summed E-state index contributed by atoms with van der Waals surface area (Å²) < 4.78 is 2.39. The molecule has 1 aliphatic carbocycles. The molecule has 0 amide bonds. The second-order valence-electron chi connectivity index (χ2n) is 5.35. The Kier molecular flexibility index (Phi) is 3.38. The fourth-order valence-electron chi connectivity index (χ4n) is 2.83. The first-order chi connectivity index (χ1) is 9.26. The highest BCUT2D eigenvalue weighted by molar-refractivity contribution is 5.37. The molecule has 0 N–H and O–H groups in total. The normalized spacial score (nSPS) is 19.4. The van der Waals surface area contributed by atoms with Crippen LogP contribution in [0.4, 0.5) is 0 Å². The predicted octanol–water partition coefficient (Wildman–Crippen LogP) is 2.70. The molecule has 3 heteroatoms. The zero-order chi connectivity index (χ0) is 13.2. The molecule has 0 radical (unpaired) electrons. The summed E-state index contributed by atoms with van der Waals surface area (Å²) in [4.78, 5) is 7.03. The van der Waals surface area contributed by atoms with E-state index in [-0.39, 0.29) is 0 Å². The van der Waals surface area contributed by atoms with E-state index in [0.717, 1.165) is 39.0 Å². The maximum Gasteiger partial charge on any atom is 0.123 e. The second kappa shape index (κ2) is 5.17. The van der Waals surface area contributed by atoms with Crippen molar-refractivity contribution in [3.63, 3.8) is 0 Å². The molecule has 0 bridgehead atoms. The Morgan fingerprint density at radius 2 is 2.26 bits per heavy atom. The molecule has 0 saturated carbocycles. The van der Waals surface area contributed by atoms with E-state index in [0.29, 0.717) is 0 Å². The van der Waals surface area contributed by atoms with Gasteiger partial charge in [-0.25, -0.2) is 4.98 Å². The molecular weight excluding hydrogens is 234 g/mol. The first kappa shape index (κ1) is 12.4. The van der Waals surface area contributed by atoms with E-state index >= 15 is 0 Å². The van der Waals surface area contributed by atoms with E-state index in [9.17, 15) is 0 Å². The van der Waals surface area contributed by atoms with Gasteiger partial charge in [0.2, 0.25) is 0 Å². The van der Waals surface area contributed by atoms with E-state index in [4.69, 9.17) is 0 Å². The Morgan fingerprint density at radius 3 is 3.05 bits per heavy atom. The zero-order valence-electron chi connectivity index (χ0n) is 11.6. The molecule has 0 unspecified atom stereocenters. The molecule has 0 atom stereocenters. The number of likely N-dealkylation sites (N-methyl/N-ethyl adjacent to an activating group) is 1. The van der Waals surface area contributed by atoms with Crippen LogP contribution in [-0.2, 0) is 19.5 Å². The van der Waals surface area contributed by atoms with Gasteiger partial charge in [0.15, 0.2) is 0 Å². The molecule has 0 spiro atoms.